The quantitative estimate of drug-likeness (QED) is 0.754. The van der Waals surface area contributed by atoms with Crippen molar-refractivity contribution in [1.29, 1.82) is 0 Å². The summed E-state index contributed by atoms with van der Waals surface area (Å²) in [7, 11) is 0. The zero-order valence-corrected chi connectivity index (χ0v) is 9.18. The standard InChI is InChI=1S/C12H15NO3/c1-9(14)11(13)7-12(15)16-8-10-5-3-2-4-6-10/h2-6,11H,7-8,13H2,1H3/t11-/m0/s1. The van der Waals surface area contributed by atoms with Gasteiger partial charge in [0.05, 0.1) is 12.5 Å². The van der Waals surface area contributed by atoms with Crippen LogP contribution >= 0.6 is 0 Å². The molecule has 0 aliphatic rings. The Kier molecular flexibility index (Phi) is 4.66. The predicted molar refractivity (Wildman–Crippen MR) is 59.5 cm³/mol. The summed E-state index contributed by atoms with van der Waals surface area (Å²) >= 11 is 0. The van der Waals surface area contributed by atoms with Gasteiger partial charge in [0, 0.05) is 0 Å². The normalized spacial score (nSPS) is 11.9. The lowest BCUT2D eigenvalue weighted by molar-refractivity contribution is -0.146. The van der Waals surface area contributed by atoms with Gasteiger partial charge in [0.25, 0.3) is 0 Å². The number of hydrogen-bond donors (Lipinski definition) is 1. The molecule has 0 heterocycles. The zero-order chi connectivity index (χ0) is 12.0. The Morgan fingerprint density at radius 2 is 1.94 bits per heavy atom. The molecule has 16 heavy (non-hydrogen) atoms. The average Bonchev–Trinajstić information content (AvgIpc) is 2.27. The molecule has 4 nitrogen and oxygen atoms in total. The van der Waals surface area contributed by atoms with Crippen LogP contribution < -0.4 is 5.73 Å². The monoisotopic (exact) mass is 221 g/mol. The highest BCUT2D eigenvalue weighted by Gasteiger charge is 2.14. The number of benzene rings is 1. The van der Waals surface area contributed by atoms with Gasteiger partial charge in [0.1, 0.15) is 12.4 Å². The number of carbonyl (C=O) groups excluding carboxylic acids is 2. The molecule has 1 aromatic carbocycles. The molecule has 0 aliphatic heterocycles. The lowest BCUT2D eigenvalue weighted by Crippen LogP contribution is -2.31. The van der Waals surface area contributed by atoms with E-state index in [9.17, 15) is 9.59 Å². The molecule has 0 saturated heterocycles. The fraction of sp³-hybridized carbons (Fsp3) is 0.333. The molecule has 1 rings (SSSR count). The van der Waals surface area contributed by atoms with Gasteiger partial charge in [-0.2, -0.15) is 0 Å². The molecule has 0 saturated carbocycles. The number of esters is 1. The van der Waals surface area contributed by atoms with E-state index in [-0.39, 0.29) is 18.8 Å². The lowest BCUT2D eigenvalue weighted by Gasteiger charge is -2.08. The Bertz CT molecular complexity index is 362. The SMILES string of the molecule is CC(=O)[C@@H](N)CC(=O)OCc1ccccc1. The van der Waals surface area contributed by atoms with E-state index in [4.69, 9.17) is 10.5 Å². The molecule has 0 spiro atoms. The van der Waals surface area contributed by atoms with Crippen molar-refractivity contribution in [2.45, 2.75) is 26.0 Å². The number of nitrogens with two attached hydrogens (primary N) is 1. The van der Waals surface area contributed by atoms with Gasteiger partial charge < -0.3 is 10.5 Å². The fourth-order valence-electron chi connectivity index (χ4n) is 1.12. The summed E-state index contributed by atoms with van der Waals surface area (Å²) in [6.45, 7) is 1.57. The van der Waals surface area contributed by atoms with Crippen LogP contribution in [0.3, 0.4) is 0 Å². The highest BCUT2D eigenvalue weighted by molar-refractivity contribution is 5.86. The molecule has 0 fully saturated rings. The molecule has 0 radical (unpaired) electrons. The van der Waals surface area contributed by atoms with E-state index in [2.05, 4.69) is 0 Å². The number of carbonyl (C=O) groups is 2. The summed E-state index contributed by atoms with van der Waals surface area (Å²) in [6, 6.07) is 8.57. The molecule has 0 aromatic heterocycles. The fourth-order valence-corrected chi connectivity index (χ4v) is 1.12. The third-order valence-corrected chi connectivity index (χ3v) is 2.15. The first kappa shape index (κ1) is 12.4. The van der Waals surface area contributed by atoms with Crippen molar-refractivity contribution < 1.29 is 14.3 Å². The highest BCUT2D eigenvalue weighted by atomic mass is 16.5. The van der Waals surface area contributed by atoms with Crippen molar-refractivity contribution in [2.75, 3.05) is 0 Å². The van der Waals surface area contributed by atoms with Crippen molar-refractivity contribution >= 4 is 11.8 Å². The highest BCUT2D eigenvalue weighted by Crippen LogP contribution is 2.02. The van der Waals surface area contributed by atoms with Crippen LogP contribution in [0.25, 0.3) is 0 Å². The number of rotatable bonds is 5. The maximum atomic E-state index is 11.3. The molecule has 0 aliphatic carbocycles. The van der Waals surface area contributed by atoms with E-state index in [1.54, 1.807) is 0 Å². The van der Waals surface area contributed by atoms with E-state index in [0.29, 0.717) is 0 Å². The van der Waals surface area contributed by atoms with Gasteiger partial charge in [-0.05, 0) is 12.5 Å². The second kappa shape index (κ2) is 6.02. The van der Waals surface area contributed by atoms with Gasteiger partial charge in [-0.15, -0.1) is 0 Å². The van der Waals surface area contributed by atoms with Crippen molar-refractivity contribution in [2.24, 2.45) is 5.73 Å². The van der Waals surface area contributed by atoms with E-state index in [1.807, 2.05) is 30.3 Å². The van der Waals surface area contributed by atoms with Crippen LogP contribution in [0.1, 0.15) is 18.9 Å². The lowest BCUT2D eigenvalue weighted by atomic mass is 10.1. The van der Waals surface area contributed by atoms with E-state index >= 15 is 0 Å². The van der Waals surface area contributed by atoms with Gasteiger partial charge in [-0.25, -0.2) is 0 Å². The Balaban J connectivity index is 2.33. The molecule has 0 unspecified atom stereocenters. The Labute approximate surface area is 94.4 Å². The van der Waals surface area contributed by atoms with E-state index in [1.165, 1.54) is 6.92 Å². The molecule has 0 amide bonds. The third-order valence-electron chi connectivity index (χ3n) is 2.15. The molecule has 86 valence electrons. The topological polar surface area (TPSA) is 69.4 Å². The van der Waals surface area contributed by atoms with Crippen LogP contribution in [0.15, 0.2) is 30.3 Å². The summed E-state index contributed by atoms with van der Waals surface area (Å²) in [6.07, 6.45) is -0.0673. The van der Waals surface area contributed by atoms with Crippen LogP contribution in [0.2, 0.25) is 0 Å². The Hall–Kier alpha value is -1.68. The number of Topliss-reactive ketones (excluding diaryl/α,β-unsaturated/α-hetero) is 1. The second-order valence-corrected chi connectivity index (χ2v) is 3.57. The summed E-state index contributed by atoms with van der Waals surface area (Å²) < 4.78 is 4.98. The largest absolute Gasteiger partial charge is 0.461 e. The summed E-state index contributed by atoms with van der Waals surface area (Å²) in [5.41, 5.74) is 6.35. The van der Waals surface area contributed by atoms with Crippen molar-refractivity contribution in [3.8, 4) is 0 Å². The Morgan fingerprint density at radius 3 is 2.50 bits per heavy atom. The van der Waals surface area contributed by atoms with E-state index in [0.717, 1.165) is 5.56 Å². The molecule has 1 aromatic rings. The van der Waals surface area contributed by atoms with Crippen LogP contribution in [0.4, 0.5) is 0 Å². The summed E-state index contributed by atoms with van der Waals surface area (Å²) in [5.74, 6) is -0.664. The van der Waals surface area contributed by atoms with Crippen LogP contribution in [-0.4, -0.2) is 17.8 Å². The summed E-state index contributed by atoms with van der Waals surface area (Å²) in [5, 5.41) is 0. The van der Waals surface area contributed by atoms with Crippen molar-refractivity contribution in [3.63, 3.8) is 0 Å². The zero-order valence-electron chi connectivity index (χ0n) is 9.18. The number of hydrogen-bond acceptors (Lipinski definition) is 4. The minimum Gasteiger partial charge on any atom is -0.461 e. The molecule has 2 N–H and O–H groups in total. The molecular weight excluding hydrogens is 206 g/mol. The maximum Gasteiger partial charge on any atom is 0.308 e. The third kappa shape index (κ3) is 4.23. The van der Waals surface area contributed by atoms with Crippen molar-refractivity contribution in [3.05, 3.63) is 35.9 Å². The smallest absolute Gasteiger partial charge is 0.308 e. The van der Waals surface area contributed by atoms with Gasteiger partial charge in [-0.1, -0.05) is 30.3 Å². The van der Waals surface area contributed by atoms with Gasteiger partial charge in [0.2, 0.25) is 0 Å². The number of ether oxygens (including phenoxy) is 1. The first-order valence-electron chi connectivity index (χ1n) is 5.05. The molecule has 1 atom stereocenters. The van der Waals surface area contributed by atoms with Gasteiger partial charge in [-0.3, -0.25) is 9.59 Å². The molecule has 4 heteroatoms. The van der Waals surface area contributed by atoms with Crippen LogP contribution in [0.5, 0.6) is 0 Å². The summed E-state index contributed by atoms with van der Waals surface area (Å²) in [4.78, 5) is 22.1. The second-order valence-electron chi connectivity index (χ2n) is 3.57. The Morgan fingerprint density at radius 1 is 1.31 bits per heavy atom. The maximum absolute atomic E-state index is 11.3. The first-order chi connectivity index (χ1) is 7.59. The van der Waals surface area contributed by atoms with Gasteiger partial charge in [0.15, 0.2) is 0 Å². The molecule has 0 bridgehead atoms. The minimum absolute atomic E-state index is 0.0673. The minimum atomic E-state index is -0.761. The predicted octanol–water partition coefficient (Wildman–Crippen LogP) is 1.04. The average molecular weight is 221 g/mol. The first-order valence-corrected chi connectivity index (χ1v) is 5.05. The van der Waals surface area contributed by atoms with Gasteiger partial charge >= 0.3 is 5.97 Å². The van der Waals surface area contributed by atoms with Crippen LogP contribution in [-0.2, 0) is 20.9 Å². The number of ketones is 1. The van der Waals surface area contributed by atoms with Crippen LogP contribution in [0, 0.1) is 0 Å². The van der Waals surface area contributed by atoms with Crippen molar-refractivity contribution in [1.82, 2.24) is 0 Å². The van der Waals surface area contributed by atoms with E-state index < -0.39 is 12.0 Å². The molecular formula is C12H15NO3.